The summed E-state index contributed by atoms with van der Waals surface area (Å²) in [5.41, 5.74) is 0.709. The van der Waals surface area contributed by atoms with E-state index in [0.717, 1.165) is 19.7 Å². The molecule has 0 spiro atoms. The van der Waals surface area contributed by atoms with Crippen LogP contribution in [0.4, 0.5) is 0 Å². The van der Waals surface area contributed by atoms with Crippen LogP contribution in [0, 0.1) is 0 Å². The SMILES string of the molecule is CC(=O)c1cc(Br)c2ccccc2c1Br. The van der Waals surface area contributed by atoms with Gasteiger partial charge < -0.3 is 0 Å². The van der Waals surface area contributed by atoms with Crippen molar-refractivity contribution in [1.82, 2.24) is 0 Å². The topological polar surface area (TPSA) is 17.1 Å². The second kappa shape index (κ2) is 4.06. The smallest absolute Gasteiger partial charge is 0.160 e. The molecule has 0 saturated heterocycles. The van der Waals surface area contributed by atoms with Crippen LogP contribution in [0.2, 0.25) is 0 Å². The maximum absolute atomic E-state index is 11.4. The lowest BCUT2D eigenvalue weighted by atomic mass is 10.1. The molecule has 3 heteroatoms. The lowest BCUT2D eigenvalue weighted by molar-refractivity contribution is 0.101. The van der Waals surface area contributed by atoms with Crippen molar-refractivity contribution >= 4 is 48.4 Å². The van der Waals surface area contributed by atoms with Gasteiger partial charge in [0.2, 0.25) is 0 Å². The number of ketones is 1. The highest BCUT2D eigenvalue weighted by molar-refractivity contribution is 9.11. The number of carbonyl (C=O) groups excluding carboxylic acids is 1. The zero-order valence-corrected chi connectivity index (χ0v) is 11.2. The molecule has 0 aliphatic rings. The first-order valence-corrected chi connectivity index (χ1v) is 6.07. The number of benzene rings is 2. The standard InChI is InChI=1S/C12H8Br2O/c1-7(15)10-6-11(13)8-4-2-3-5-9(8)12(10)14/h2-6H,1H3. The molecule has 0 unspecified atom stereocenters. The fourth-order valence-electron chi connectivity index (χ4n) is 1.55. The Morgan fingerprint density at radius 1 is 1.13 bits per heavy atom. The largest absolute Gasteiger partial charge is 0.294 e. The molecular weight excluding hydrogens is 320 g/mol. The summed E-state index contributed by atoms with van der Waals surface area (Å²) in [5, 5.41) is 2.16. The fraction of sp³-hybridized carbons (Fsp3) is 0.0833. The maximum atomic E-state index is 11.4. The van der Waals surface area contributed by atoms with Crippen LogP contribution in [0.5, 0.6) is 0 Å². The summed E-state index contributed by atoms with van der Waals surface area (Å²) in [5.74, 6) is 0.0633. The van der Waals surface area contributed by atoms with E-state index in [0.29, 0.717) is 5.56 Å². The summed E-state index contributed by atoms with van der Waals surface area (Å²) >= 11 is 6.95. The number of hydrogen-bond donors (Lipinski definition) is 0. The summed E-state index contributed by atoms with van der Waals surface area (Å²) in [6.45, 7) is 1.57. The number of halogens is 2. The first-order chi connectivity index (χ1) is 7.11. The Morgan fingerprint density at radius 2 is 1.73 bits per heavy atom. The zero-order valence-electron chi connectivity index (χ0n) is 8.05. The highest BCUT2D eigenvalue weighted by Gasteiger charge is 2.11. The van der Waals surface area contributed by atoms with Gasteiger partial charge in [-0.3, -0.25) is 4.79 Å². The van der Waals surface area contributed by atoms with Crippen molar-refractivity contribution < 1.29 is 4.79 Å². The molecule has 2 aromatic rings. The van der Waals surface area contributed by atoms with Gasteiger partial charge in [-0.1, -0.05) is 40.2 Å². The van der Waals surface area contributed by atoms with Crippen LogP contribution in [0.25, 0.3) is 10.8 Å². The summed E-state index contributed by atoms with van der Waals surface area (Å²) < 4.78 is 1.82. The average Bonchev–Trinajstić information content (AvgIpc) is 2.23. The summed E-state index contributed by atoms with van der Waals surface area (Å²) in [7, 11) is 0. The van der Waals surface area contributed by atoms with Gasteiger partial charge in [0.05, 0.1) is 0 Å². The minimum absolute atomic E-state index is 0.0633. The number of rotatable bonds is 1. The van der Waals surface area contributed by atoms with Gasteiger partial charge in [-0.25, -0.2) is 0 Å². The molecule has 76 valence electrons. The number of hydrogen-bond acceptors (Lipinski definition) is 1. The fourth-order valence-corrected chi connectivity index (χ4v) is 2.87. The Morgan fingerprint density at radius 3 is 2.33 bits per heavy atom. The Kier molecular flexibility index (Phi) is 2.94. The van der Waals surface area contributed by atoms with E-state index < -0.39 is 0 Å². The highest BCUT2D eigenvalue weighted by atomic mass is 79.9. The molecule has 0 amide bonds. The van der Waals surface area contributed by atoms with Crippen LogP contribution >= 0.6 is 31.9 Å². The Hall–Kier alpha value is -0.670. The van der Waals surface area contributed by atoms with Crippen LogP contribution in [0.3, 0.4) is 0 Å². The molecule has 0 heterocycles. The third-order valence-corrected chi connectivity index (χ3v) is 3.82. The zero-order chi connectivity index (χ0) is 11.0. The van der Waals surface area contributed by atoms with Gasteiger partial charge in [-0.05, 0) is 39.7 Å². The quantitative estimate of drug-likeness (QED) is 0.701. The van der Waals surface area contributed by atoms with Gasteiger partial charge in [-0.15, -0.1) is 0 Å². The van der Waals surface area contributed by atoms with Crippen LogP contribution in [-0.2, 0) is 0 Å². The Balaban J connectivity index is 2.90. The molecule has 0 saturated carbocycles. The maximum Gasteiger partial charge on any atom is 0.160 e. The average molecular weight is 328 g/mol. The van der Waals surface area contributed by atoms with Crippen molar-refractivity contribution in [2.24, 2.45) is 0 Å². The molecule has 2 rings (SSSR count). The molecule has 0 aliphatic heterocycles. The molecule has 1 nitrogen and oxygen atoms in total. The lowest BCUT2D eigenvalue weighted by Gasteiger charge is -2.07. The van der Waals surface area contributed by atoms with Crippen LogP contribution in [-0.4, -0.2) is 5.78 Å². The van der Waals surface area contributed by atoms with E-state index in [1.54, 1.807) is 6.92 Å². The first-order valence-electron chi connectivity index (χ1n) is 4.49. The molecule has 0 N–H and O–H groups in total. The predicted molar refractivity (Wildman–Crippen MR) is 69.4 cm³/mol. The van der Waals surface area contributed by atoms with E-state index in [-0.39, 0.29) is 5.78 Å². The minimum atomic E-state index is 0.0633. The van der Waals surface area contributed by atoms with Crippen LogP contribution in [0.1, 0.15) is 17.3 Å². The Labute approximate surface area is 105 Å². The molecule has 0 aliphatic carbocycles. The van der Waals surface area contributed by atoms with Crippen LogP contribution < -0.4 is 0 Å². The molecule has 0 aromatic heterocycles. The van der Waals surface area contributed by atoms with E-state index in [9.17, 15) is 4.79 Å². The van der Waals surface area contributed by atoms with Crippen molar-refractivity contribution in [3.8, 4) is 0 Å². The molecular formula is C12H8Br2O. The summed E-state index contributed by atoms with van der Waals surface area (Å²) in [4.78, 5) is 11.4. The minimum Gasteiger partial charge on any atom is -0.294 e. The molecule has 2 aromatic carbocycles. The molecule has 0 fully saturated rings. The van der Waals surface area contributed by atoms with Gasteiger partial charge in [0.1, 0.15) is 0 Å². The van der Waals surface area contributed by atoms with Gasteiger partial charge in [0, 0.05) is 14.5 Å². The second-order valence-electron chi connectivity index (χ2n) is 3.32. The lowest BCUT2D eigenvalue weighted by Crippen LogP contribution is -1.94. The highest BCUT2D eigenvalue weighted by Crippen LogP contribution is 2.33. The third-order valence-electron chi connectivity index (χ3n) is 2.31. The van der Waals surface area contributed by atoms with Gasteiger partial charge in [0.25, 0.3) is 0 Å². The second-order valence-corrected chi connectivity index (χ2v) is 4.97. The molecule has 15 heavy (non-hydrogen) atoms. The molecule has 0 bridgehead atoms. The summed E-state index contributed by atoms with van der Waals surface area (Å²) in [6.07, 6.45) is 0. The van der Waals surface area contributed by atoms with Crippen molar-refractivity contribution in [2.45, 2.75) is 6.92 Å². The molecule has 0 radical (unpaired) electrons. The predicted octanol–water partition coefficient (Wildman–Crippen LogP) is 4.57. The van der Waals surface area contributed by atoms with Crippen molar-refractivity contribution in [3.63, 3.8) is 0 Å². The van der Waals surface area contributed by atoms with Crippen LogP contribution in [0.15, 0.2) is 39.3 Å². The normalized spacial score (nSPS) is 10.6. The van der Waals surface area contributed by atoms with Crippen molar-refractivity contribution in [2.75, 3.05) is 0 Å². The third kappa shape index (κ3) is 1.86. The van der Waals surface area contributed by atoms with E-state index in [1.165, 1.54) is 0 Å². The van der Waals surface area contributed by atoms with Crippen molar-refractivity contribution in [1.29, 1.82) is 0 Å². The number of carbonyl (C=O) groups is 1. The number of Topliss-reactive ketones (excluding diaryl/α,β-unsaturated/α-hetero) is 1. The van der Waals surface area contributed by atoms with E-state index in [2.05, 4.69) is 31.9 Å². The molecule has 0 atom stereocenters. The van der Waals surface area contributed by atoms with Gasteiger partial charge in [0.15, 0.2) is 5.78 Å². The number of fused-ring (bicyclic) bond motifs is 1. The van der Waals surface area contributed by atoms with Crippen molar-refractivity contribution in [3.05, 3.63) is 44.8 Å². The van der Waals surface area contributed by atoms with Gasteiger partial charge >= 0.3 is 0 Å². The summed E-state index contributed by atoms with van der Waals surface area (Å²) in [6, 6.07) is 9.82. The Bertz CT molecular complexity index is 547. The van der Waals surface area contributed by atoms with E-state index in [4.69, 9.17) is 0 Å². The van der Waals surface area contributed by atoms with E-state index >= 15 is 0 Å². The van der Waals surface area contributed by atoms with Gasteiger partial charge in [-0.2, -0.15) is 0 Å². The first kappa shape index (κ1) is 10.8. The monoisotopic (exact) mass is 326 g/mol. The van der Waals surface area contributed by atoms with E-state index in [1.807, 2.05) is 30.3 Å².